The van der Waals surface area contributed by atoms with Crippen LogP contribution < -0.4 is 0 Å². The molecule has 0 saturated heterocycles. The monoisotopic (exact) mass is 919 g/mol. The fourth-order valence-electron chi connectivity index (χ4n) is 7.74. The summed E-state index contributed by atoms with van der Waals surface area (Å²) in [4.78, 5) is 25.4. The average molecular weight is 920 g/mol. The second kappa shape index (κ2) is 56.4. The predicted molar refractivity (Wildman–Crippen MR) is 288 cm³/mol. The van der Waals surface area contributed by atoms with Crippen LogP contribution in [0.1, 0.15) is 265 Å². The fraction of sp³-hybridized carbons (Fsp3) is 0.738. The van der Waals surface area contributed by atoms with E-state index in [1.165, 1.54) is 141 Å². The van der Waals surface area contributed by atoms with Gasteiger partial charge in [0.05, 0.1) is 6.61 Å². The van der Waals surface area contributed by atoms with E-state index in [9.17, 15) is 9.59 Å². The lowest BCUT2D eigenvalue weighted by Gasteiger charge is -2.18. The summed E-state index contributed by atoms with van der Waals surface area (Å²) in [5.74, 6) is -0.431. The number of ether oxygens (including phenoxy) is 3. The van der Waals surface area contributed by atoms with Gasteiger partial charge in [-0.25, -0.2) is 0 Å². The molecular formula is C61H106O5. The SMILES string of the molecule is CC/C=C\C/C=C\C/C=C\C/C=C\C/C=C\CCCCCC(=O)OCC(COCCCCCCCCCCCC/C=C\C/C=C\CCCCC)OC(=O)CCCCCCCCCCCCC. The van der Waals surface area contributed by atoms with Gasteiger partial charge in [-0.1, -0.05) is 241 Å². The first kappa shape index (κ1) is 63.1. The molecule has 0 aromatic rings. The van der Waals surface area contributed by atoms with Crippen molar-refractivity contribution in [2.45, 2.75) is 271 Å². The lowest BCUT2D eigenvalue weighted by atomic mass is 10.1. The number of unbranched alkanes of at least 4 members (excludes halogenated alkanes) is 26. The van der Waals surface area contributed by atoms with Crippen molar-refractivity contribution in [3.8, 4) is 0 Å². The van der Waals surface area contributed by atoms with Crippen molar-refractivity contribution in [3.63, 3.8) is 0 Å². The molecule has 0 saturated carbocycles. The molecule has 0 aromatic heterocycles. The number of allylic oxidation sites excluding steroid dienone is 14. The molecule has 380 valence electrons. The van der Waals surface area contributed by atoms with Crippen LogP contribution in [0.4, 0.5) is 0 Å². The highest BCUT2D eigenvalue weighted by Crippen LogP contribution is 2.15. The highest BCUT2D eigenvalue weighted by atomic mass is 16.6. The minimum absolute atomic E-state index is 0.0659. The Morgan fingerprint density at radius 3 is 1.14 bits per heavy atom. The lowest BCUT2D eigenvalue weighted by molar-refractivity contribution is -0.163. The highest BCUT2D eigenvalue weighted by molar-refractivity contribution is 5.70. The molecule has 0 aromatic carbocycles. The number of hydrogen-bond acceptors (Lipinski definition) is 5. The molecule has 0 aliphatic carbocycles. The van der Waals surface area contributed by atoms with Gasteiger partial charge in [-0.05, 0) is 96.3 Å². The van der Waals surface area contributed by atoms with Crippen molar-refractivity contribution >= 4 is 11.9 Å². The zero-order chi connectivity index (χ0) is 47.7. The van der Waals surface area contributed by atoms with Crippen molar-refractivity contribution in [1.82, 2.24) is 0 Å². The van der Waals surface area contributed by atoms with Crippen LogP contribution in [0.3, 0.4) is 0 Å². The Morgan fingerprint density at radius 1 is 0.348 bits per heavy atom. The molecule has 0 spiro atoms. The first-order chi connectivity index (χ1) is 32.6. The van der Waals surface area contributed by atoms with Gasteiger partial charge in [0.2, 0.25) is 0 Å². The Labute approximate surface area is 409 Å². The molecular weight excluding hydrogens is 813 g/mol. The summed E-state index contributed by atoms with van der Waals surface area (Å²) in [5.41, 5.74) is 0. The van der Waals surface area contributed by atoms with E-state index in [4.69, 9.17) is 14.2 Å². The van der Waals surface area contributed by atoms with Crippen LogP contribution >= 0.6 is 0 Å². The van der Waals surface area contributed by atoms with E-state index in [0.29, 0.717) is 19.4 Å². The molecule has 0 radical (unpaired) electrons. The van der Waals surface area contributed by atoms with Crippen molar-refractivity contribution in [2.75, 3.05) is 19.8 Å². The zero-order valence-electron chi connectivity index (χ0n) is 43.7. The molecule has 1 unspecified atom stereocenters. The smallest absolute Gasteiger partial charge is 0.306 e. The Bertz CT molecular complexity index is 1220. The quantitative estimate of drug-likeness (QED) is 0.0346. The number of rotatable bonds is 51. The number of esters is 2. The van der Waals surface area contributed by atoms with Crippen LogP contribution in [-0.2, 0) is 23.8 Å². The first-order valence-corrected chi connectivity index (χ1v) is 28.1. The van der Waals surface area contributed by atoms with E-state index in [0.717, 1.165) is 89.9 Å². The third kappa shape index (κ3) is 53.7. The van der Waals surface area contributed by atoms with Crippen molar-refractivity contribution < 1.29 is 23.8 Å². The normalized spacial score (nSPS) is 12.8. The van der Waals surface area contributed by atoms with Gasteiger partial charge in [0.25, 0.3) is 0 Å². The van der Waals surface area contributed by atoms with Crippen LogP contribution in [-0.4, -0.2) is 37.9 Å². The Kier molecular flexibility index (Phi) is 53.9. The summed E-state index contributed by atoms with van der Waals surface area (Å²) < 4.78 is 17.4. The summed E-state index contributed by atoms with van der Waals surface area (Å²) in [7, 11) is 0. The largest absolute Gasteiger partial charge is 0.462 e. The average Bonchev–Trinajstić information content (AvgIpc) is 3.32. The molecule has 0 rings (SSSR count). The van der Waals surface area contributed by atoms with Gasteiger partial charge in [-0.3, -0.25) is 9.59 Å². The van der Waals surface area contributed by atoms with E-state index in [-0.39, 0.29) is 25.2 Å². The Morgan fingerprint density at radius 2 is 0.682 bits per heavy atom. The number of carbonyl (C=O) groups excluding carboxylic acids is 2. The number of hydrogen-bond donors (Lipinski definition) is 0. The third-order valence-electron chi connectivity index (χ3n) is 11.9. The molecule has 0 aliphatic heterocycles. The van der Waals surface area contributed by atoms with Crippen LogP contribution in [0, 0.1) is 0 Å². The van der Waals surface area contributed by atoms with E-state index in [1.807, 2.05) is 0 Å². The molecule has 5 nitrogen and oxygen atoms in total. The summed E-state index contributed by atoms with van der Waals surface area (Å²) >= 11 is 0. The summed E-state index contributed by atoms with van der Waals surface area (Å²) in [5, 5.41) is 0. The van der Waals surface area contributed by atoms with Crippen molar-refractivity contribution in [2.24, 2.45) is 0 Å². The summed E-state index contributed by atoms with van der Waals surface area (Å²) in [6, 6.07) is 0. The van der Waals surface area contributed by atoms with Gasteiger partial charge in [-0.2, -0.15) is 0 Å². The van der Waals surface area contributed by atoms with Gasteiger partial charge < -0.3 is 14.2 Å². The summed E-state index contributed by atoms with van der Waals surface area (Å²) in [6.07, 6.45) is 74.6. The fourth-order valence-corrected chi connectivity index (χ4v) is 7.74. The van der Waals surface area contributed by atoms with Gasteiger partial charge >= 0.3 is 11.9 Å². The van der Waals surface area contributed by atoms with Gasteiger partial charge in [0, 0.05) is 19.4 Å². The minimum Gasteiger partial charge on any atom is -0.462 e. The van der Waals surface area contributed by atoms with Crippen LogP contribution in [0.15, 0.2) is 85.1 Å². The van der Waals surface area contributed by atoms with Gasteiger partial charge in [-0.15, -0.1) is 0 Å². The van der Waals surface area contributed by atoms with Gasteiger partial charge in [0.1, 0.15) is 6.61 Å². The van der Waals surface area contributed by atoms with Crippen molar-refractivity contribution in [1.29, 1.82) is 0 Å². The second-order valence-corrected chi connectivity index (χ2v) is 18.5. The van der Waals surface area contributed by atoms with Crippen molar-refractivity contribution in [3.05, 3.63) is 85.1 Å². The molecule has 0 amide bonds. The minimum atomic E-state index is -0.553. The number of carbonyl (C=O) groups is 2. The van der Waals surface area contributed by atoms with E-state index in [1.54, 1.807) is 0 Å². The molecule has 0 fully saturated rings. The first-order valence-electron chi connectivity index (χ1n) is 28.1. The highest BCUT2D eigenvalue weighted by Gasteiger charge is 2.17. The topological polar surface area (TPSA) is 61.8 Å². The van der Waals surface area contributed by atoms with E-state index in [2.05, 4.69) is 106 Å². The Hall–Kier alpha value is -2.92. The van der Waals surface area contributed by atoms with E-state index >= 15 is 0 Å². The van der Waals surface area contributed by atoms with Crippen LogP contribution in [0.25, 0.3) is 0 Å². The second-order valence-electron chi connectivity index (χ2n) is 18.5. The molecule has 0 N–H and O–H groups in total. The zero-order valence-corrected chi connectivity index (χ0v) is 43.7. The molecule has 0 bridgehead atoms. The maximum absolute atomic E-state index is 12.8. The van der Waals surface area contributed by atoms with Gasteiger partial charge in [0.15, 0.2) is 6.10 Å². The standard InChI is InChI=1S/C61H106O5/c1-4-7-10-13-16-19-22-24-26-28-30-32-34-36-38-41-44-47-50-53-56-64-57-59(66-61(63)55-52-49-46-43-39-21-18-15-12-9-6-3)58-65-60(62)54-51-48-45-42-40-37-35-33-31-29-27-25-23-20-17-14-11-8-5-2/h8,11,16-17,19-20,24-27,31,33,37,40,59H,4-7,9-10,12-15,18,21-23,28-30,32,34-36,38-39,41-58H2,1-3H3/b11-8-,19-16-,20-17-,26-24-,27-25-,33-31-,40-37-. The van der Waals surface area contributed by atoms with Crippen LogP contribution in [0.5, 0.6) is 0 Å². The molecule has 1 atom stereocenters. The summed E-state index contributed by atoms with van der Waals surface area (Å²) in [6.45, 7) is 7.66. The maximum Gasteiger partial charge on any atom is 0.306 e. The molecule has 5 heteroatoms. The molecule has 0 aliphatic rings. The Balaban J connectivity index is 4.27. The maximum atomic E-state index is 12.8. The lowest BCUT2D eigenvalue weighted by Crippen LogP contribution is -2.30. The predicted octanol–water partition coefficient (Wildman–Crippen LogP) is 19.2. The van der Waals surface area contributed by atoms with Crippen LogP contribution in [0.2, 0.25) is 0 Å². The van der Waals surface area contributed by atoms with E-state index < -0.39 is 6.10 Å². The molecule has 66 heavy (non-hydrogen) atoms. The molecule has 0 heterocycles. The third-order valence-corrected chi connectivity index (χ3v) is 11.9.